The summed E-state index contributed by atoms with van der Waals surface area (Å²) in [6.45, 7) is 11.1. The van der Waals surface area contributed by atoms with Crippen molar-refractivity contribution in [2.75, 3.05) is 13.1 Å². The number of piperidine rings is 1. The highest BCUT2D eigenvalue weighted by atomic mass is 32.1. The van der Waals surface area contributed by atoms with Gasteiger partial charge in [0, 0.05) is 22.9 Å². The molecule has 0 radical (unpaired) electrons. The normalized spacial score (nSPS) is 36.6. The van der Waals surface area contributed by atoms with Crippen LogP contribution in [-0.2, 0) is 11.8 Å². The molecule has 2 heterocycles. The molecule has 2 heteroatoms. The van der Waals surface area contributed by atoms with Crippen molar-refractivity contribution in [2.24, 2.45) is 5.92 Å². The summed E-state index contributed by atoms with van der Waals surface area (Å²) in [5.74, 6) is 0.766. The number of thiophene rings is 1. The quantitative estimate of drug-likeness (QED) is 0.723. The van der Waals surface area contributed by atoms with Crippen molar-refractivity contribution in [2.45, 2.75) is 38.1 Å². The van der Waals surface area contributed by atoms with Crippen LogP contribution in [0.3, 0.4) is 0 Å². The van der Waals surface area contributed by atoms with E-state index in [1.54, 1.807) is 10.4 Å². The van der Waals surface area contributed by atoms with E-state index in [2.05, 4.69) is 42.8 Å². The van der Waals surface area contributed by atoms with E-state index in [1.165, 1.54) is 19.4 Å². The Morgan fingerprint density at radius 2 is 2.47 bits per heavy atom. The van der Waals surface area contributed by atoms with Crippen molar-refractivity contribution in [1.82, 2.24) is 4.90 Å². The molecule has 1 aromatic rings. The molecule has 1 unspecified atom stereocenters. The Kier molecular flexibility index (Phi) is 2.68. The molecule has 0 aromatic carbocycles. The molecule has 1 saturated heterocycles. The third-order valence-corrected chi connectivity index (χ3v) is 6.26. The van der Waals surface area contributed by atoms with Crippen molar-refractivity contribution < 1.29 is 0 Å². The zero-order chi connectivity index (χ0) is 12.0. The second-order valence-electron chi connectivity index (χ2n) is 5.79. The number of rotatable bonds is 2. The van der Waals surface area contributed by atoms with Crippen LogP contribution in [0.15, 0.2) is 24.1 Å². The van der Waals surface area contributed by atoms with Gasteiger partial charge in [-0.05, 0) is 42.3 Å². The van der Waals surface area contributed by atoms with Gasteiger partial charge in [-0.2, -0.15) is 0 Å². The molecule has 2 aliphatic rings. The van der Waals surface area contributed by atoms with Crippen LogP contribution in [0, 0.1) is 5.92 Å². The van der Waals surface area contributed by atoms with Crippen LogP contribution in [0.25, 0.3) is 0 Å². The summed E-state index contributed by atoms with van der Waals surface area (Å²) in [7, 11) is 0. The van der Waals surface area contributed by atoms with Crippen LogP contribution < -0.4 is 0 Å². The standard InChI is InChI=1S/C15H21NS/c1-4-7-16-8-6-15(3)11(2)13(16)10-12-5-9-17-14(12)15/h4-5,9,11,13H,1,6-8,10H2,2-3H3/t11-,13?,15+/m0/s1. The predicted octanol–water partition coefficient (Wildman–Crippen LogP) is 3.46. The maximum atomic E-state index is 3.90. The first kappa shape index (κ1) is 11.5. The minimum atomic E-state index is 0.421. The molecule has 1 aliphatic heterocycles. The zero-order valence-corrected chi connectivity index (χ0v) is 11.6. The fraction of sp³-hybridized carbons (Fsp3) is 0.600. The molecule has 1 nitrogen and oxygen atoms in total. The smallest absolute Gasteiger partial charge is 0.0174 e. The van der Waals surface area contributed by atoms with Gasteiger partial charge in [0.25, 0.3) is 0 Å². The predicted molar refractivity (Wildman–Crippen MR) is 74.7 cm³/mol. The number of fused-ring (bicyclic) bond motifs is 4. The summed E-state index contributed by atoms with van der Waals surface area (Å²) < 4.78 is 0. The maximum Gasteiger partial charge on any atom is 0.0174 e. The topological polar surface area (TPSA) is 3.24 Å². The molecule has 92 valence electrons. The van der Waals surface area contributed by atoms with Crippen LogP contribution in [-0.4, -0.2) is 24.0 Å². The number of likely N-dealkylation sites (tertiary alicyclic amines) is 1. The van der Waals surface area contributed by atoms with E-state index in [-0.39, 0.29) is 0 Å². The lowest BCUT2D eigenvalue weighted by molar-refractivity contribution is 0.0423. The molecular formula is C15H21NS. The molecule has 3 atom stereocenters. The summed E-state index contributed by atoms with van der Waals surface area (Å²) in [5.41, 5.74) is 2.03. The van der Waals surface area contributed by atoms with Gasteiger partial charge in [0.05, 0.1) is 0 Å². The first-order valence-corrected chi connectivity index (χ1v) is 7.46. The van der Waals surface area contributed by atoms with Gasteiger partial charge < -0.3 is 0 Å². The first-order valence-electron chi connectivity index (χ1n) is 6.58. The molecule has 3 rings (SSSR count). The third kappa shape index (κ3) is 1.54. The molecule has 0 N–H and O–H groups in total. The van der Waals surface area contributed by atoms with Gasteiger partial charge in [0.1, 0.15) is 0 Å². The van der Waals surface area contributed by atoms with Gasteiger partial charge in [-0.25, -0.2) is 0 Å². The summed E-state index contributed by atoms with van der Waals surface area (Å²) in [5, 5.41) is 2.28. The lowest BCUT2D eigenvalue weighted by atomic mass is 9.62. The van der Waals surface area contributed by atoms with Gasteiger partial charge in [-0.1, -0.05) is 19.9 Å². The Morgan fingerprint density at radius 3 is 3.24 bits per heavy atom. The Hall–Kier alpha value is -0.600. The minimum absolute atomic E-state index is 0.421. The van der Waals surface area contributed by atoms with Gasteiger partial charge in [0.2, 0.25) is 0 Å². The molecule has 2 bridgehead atoms. The highest BCUT2D eigenvalue weighted by Gasteiger charge is 2.48. The molecule has 0 saturated carbocycles. The van der Waals surface area contributed by atoms with Crippen molar-refractivity contribution in [3.63, 3.8) is 0 Å². The average Bonchev–Trinajstić information content (AvgIpc) is 2.76. The van der Waals surface area contributed by atoms with Crippen molar-refractivity contribution in [3.05, 3.63) is 34.5 Å². The SMILES string of the molecule is C=CCN1CC[C@@]2(C)c3sccc3CC1[C@@H]2C. The van der Waals surface area contributed by atoms with Gasteiger partial charge in [-0.15, -0.1) is 17.9 Å². The number of hydrogen-bond donors (Lipinski definition) is 0. The second-order valence-corrected chi connectivity index (χ2v) is 6.70. The van der Waals surface area contributed by atoms with Gasteiger partial charge >= 0.3 is 0 Å². The van der Waals surface area contributed by atoms with E-state index in [0.29, 0.717) is 11.5 Å². The molecule has 0 spiro atoms. The first-order chi connectivity index (χ1) is 8.16. The minimum Gasteiger partial charge on any atom is -0.296 e. The lowest BCUT2D eigenvalue weighted by Crippen LogP contribution is -2.57. The van der Waals surface area contributed by atoms with E-state index >= 15 is 0 Å². The summed E-state index contributed by atoms with van der Waals surface area (Å²) in [6.07, 6.45) is 4.59. The zero-order valence-electron chi connectivity index (χ0n) is 10.8. The molecular weight excluding hydrogens is 226 g/mol. The molecule has 1 aromatic heterocycles. The molecule has 1 aliphatic carbocycles. The highest BCUT2D eigenvalue weighted by molar-refractivity contribution is 7.10. The largest absolute Gasteiger partial charge is 0.296 e. The monoisotopic (exact) mass is 247 g/mol. The average molecular weight is 247 g/mol. The van der Waals surface area contributed by atoms with Crippen LogP contribution >= 0.6 is 11.3 Å². The second kappa shape index (κ2) is 3.96. The van der Waals surface area contributed by atoms with E-state index in [0.717, 1.165) is 12.5 Å². The summed E-state index contributed by atoms with van der Waals surface area (Å²) in [4.78, 5) is 4.29. The van der Waals surface area contributed by atoms with E-state index in [9.17, 15) is 0 Å². The summed E-state index contributed by atoms with van der Waals surface area (Å²) >= 11 is 1.97. The lowest BCUT2D eigenvalue weighted by Gasteiger charge is -2.53. The Bertz CT molecular complexity index is 436. The Morgan fingerprint density at radius 1 is 1.65 bits per heavy atom. The molecule has 0 amide bonds. The fourth-order valence-corrected chi connectivity index (χ4v) is 4.98. The molecule has 17 heavy (non-hydrogen) atoms. The van der Waals surface area contributed by atoms with E-state index in [4.69, 9.17) is 0 Å². The van der Waals surface area contributed by atoms with Crippen LogP contribution in [0.5, 0.6) is 0 Å². The maximum absolute atomic E-state index is 3.90. The van der Waals surface area contributed by atoms with Crippen LogP contribution in [0.1, 0.15) is 30.7 Å². The van der Waals surface area contributed by atoms with Crippen molar-refractivity contribution in [3.8, 4) is 0 Å². The fourth-order valence-electron chi connectivity index (χ4n) is 3.75. The van der Waals surface area contributed by atoms with Crippen LogP contribution in [0.4, 0.5) is 0 Å². The Labute approximate surface area is 108 Å². The third-order valence-electron chi connectivity index (χ3n) is 5.03. The Balaban J connectivity index is 2.01. The molecule has 1 fully saturated rings. The van der Waals surface area contributed by atoms with Crippen molar-refractivity contribution in [1.29, 1.82) is 0 Å². The van der Waals surface area contributed by atoms with Crippen molar-refractivity contribution >= 4 is 11.3 Å². The number of nitrogens with zero attached hydrogens (tertiary/aromatic N) is 1. The van der Waals surface area contributed by atoms with Gasteiger partial charge in [0.15, 0.2) is 0 Å². The van der Waals surface area contributed by atoms with Gasteiger partial charge in [-0.3, -0.25) is 4.90 Å². The summed E-state index contributed by atoms with van der Waals surface area (Å²) in [6, 6.07) is 3.06. The van der Waals surface area contributed by atoms with E-state index < -0.39 is 0 Å². The van der Waals surface area contributed by atoms with Crippen LogP contribution in [0.2, 0.25) is 0 Å². The number of hydrogen-bond acceptors (Lipinski definition) is 2. The highest BCUT2D eigenvalue weighted by Crippen LogP contribution is 2.50. The van der Waals surface area contributed by atoms with E-state index in [1.807, 2.05) is 11.3 Å².